The first kappa shape index (κ1) is 13.7. The number of rotatable bonds is 4. The van der Waals surface area contributed by atoms with Gasteiger partial charge in [-0.1, -0.05) is 19.8 Å². The summed E-state index contributed by atoms with van der Waals surface area (Å²) in [5.41, 5.74) is 1.19. The molecule has 0 bridgehead atoms. The van der Waals surface area contributed by atoms with Gasteiger partial charge in [-0.2, -0.15) is 0 Å². The highest BCUT2D eigenvalue weighted by Gasteiger charge is 2.21. The molecule has 1 saturated carbocycles. The zero-order valence-corrected chi connectivity index (χ0v) is 12.4. The molecule has 0 aliphatic heterocycles. The van der Waals surface area contributed by atoms with Crippen LogP contribution in [0.25, 0.3) is 0 Å². The number of anilines is 1. The van der Waals surface area contributed by atoms with E-state index in [2.05, 4.69) is 36.1 Å². The Kier molecular flexibility index (Phi) is 4.87. The Hall–Kier alpha value is -0.770. The quantitative estimate of drug-likeness (QED) is 0.838. The second-order valence-corrected chi connectivity index (χ2v) is 6.51. The molecule has 0 amide bonds. The molecule has 1 fully saturated rings. The van der Waals surface area contributed by atoms with Gasteiger partial charge in [-0.25, -0.2) is 9.97 Å². The Labute approximate surface area is 114 Å². The van der Waals surface area contributed by atoms with Crippen LogP contribution < -0.4 is 5.32 Å². The predicted octanol–water partition coefficient (Wildman–Crippen LogP) is 3.89. The molecule has 1 aliphatic rings. The lowest BCUT2D eigenvalue weighted by atomic mass is 9.91. The summed E-state index contributed by atoms with van der Waals surface area (Å²) in [5.74, 6) is 1.63. The fraction of sp³-hybridized carbons (Fsp3) is 0.714. The zero-order valence-electron chi connectivity index (χ0n) is 11.6. The summed E-state index contributed by atoms with van der Waals surface area (Å²) < 4.78 is 0. The number of nitrogens with zero attached hydrogens (tertiary/aromatic N) is 2. The van der Waals surface area contributed by atoms with E-state index in [1.807, 2.05) is 18.0 Å². The topological polar surface area (TPSA) is 37.8 Å². The van der Waals surface area contributed by atoms with Gasteiger partial charge in [0, 0.05) is 18.0 Å². The van der Waals surface area contributed by atoms with Crippen molar-refractivity contribution in [1.29, 1.82) is 0 Å². The van der Waals surface area contributed by atoms with E-state index in [0.717, 1.165) is 28.7 Å². The normalized spacial score (nSPS) is 23.9. The Morgan fingerprint density at radius 2 is 2.28 bits per heavy atom. The van der Waals surface area contributed by atoms with Crippen molar-refractivity contribution in [2.75, 3.05) is 11.9 Å². The summed E-state index contributed by atoms with van der Waals surface area (Å²) in [4.78, 5) is 8.92. The van der Waals surface area contributed by atoms with Gasteiger partial charge in [0.05, 0.1) is 0 Å². The maximum atomic E-state index is 4.62. The van der Waals surface area contributed by atoms with Crippen LogP contribution in [0.15, 0.2) is 11.2 Å². The van der Waals surface area contributed by atoms with E-state index < -0.39 is 0 Å². The highest BCUT2D eigenvalue weighted by atomic mass is 32.2. The van der Waals surface area contributed by atoms with Crippen molar-refractivity contribution in [1.82, 2.24) is 9.97 Å². The van der Waals surface area contributed by atoms with Gasteiger partial charge < -0.3 is 5.32 Å². The zero-order chi connectivity index (χ0) is 13.0. The van der Waals surface area contributed by atoms with Crippen molar-refractivity contribution >= 4 is 17.7 Å². The van der Waals surface area contributed by atoms with Crippen molar-refractivity contribution in [2.45, 2.75) is 56.7 Å². The average Bonchev–Trinajstić information content (AvgIpc) is 2.34. The fourth-order valence-corrected chi connectivity index (χ4v) is 3.84. The number of nitrogens with one attached hydrogen (secondary N) is 1. The highest BCUT2D eigenvalue weighted by molar-refractivity contribution is 7.99. The molecule has 100 valence electrons. The van der Waals surface area contributed by atoms with Gasteiger partial charge in [-0.05, 0) is 38.2 Å². The molecule has 4 heteroatoms. The predicted molar refractivity (Wildman–Crippen MR) is 78.2 cm³/mol. The molecule has 3 nitrogen and oxygen atoms in total. The molecule has 2 unspecified atom stereocenters. The number of hydrogen-bond donors (Lipinski definition) is 1. The molecule has 1 aromatic heterocycles. The van der Waals surface area contributed by atoms with Gasteiger partial charge >= 0.3 is 0 Å². The molecular weight excluding hydrogens is 242 g/mol. The minimum Gasteiger partial charge on any atom is -0.354 e. The Balaban J connectivity index is 2.05. The third kappa shape index (κ3) is 3.61. The smallest absolute Gasteiger partial charge is 0.223 e. The largest absolute Gasteiger partial charge is 0.354 e. The Morgan fingerprint density at radius 1 is 1.44 bits per heavy atom. The van der Waals surface area contributed by atoms with E-state index in [4.69, 9.17) is 0 Å². The minimum atomic E-state index is 0.733. The summed E-state index contributed by atoms with van der Waals surface area (Å²) in [6, 6.07) is 0. The number of aryl methyl sites for hydroxylation is 1. The summed E-state index contributed by atoms with van der Waals surface area (Å²) in [6.45, 7) is 7.40. The van der Waals surface area contributed by atoms with Crippen molar-refractivity contribution in [3.8, 4) is 0 Å². The average molecular weight is 265 g/mol. The summed E-state index contributed by atoms with van der Waals surface area (Å²) >= 11 is 1.94. The van der Waals surface area contributed by atoms with Crippen LogP contribution in [-0.2, 0) is 0 Å². The lowest BCUT2D eigenvalue weighted by Gasteiger charge is -2.26. The van der Waals surface area contributed by atoms with E-state index in [1.165, 1.54) is 31.2 Å². The van der Waals surface area contributed by atoms with Crippen molar-refractivity contribution < 1.29 is 0 Å². The van der Waals surface area contributed by atoms with Crippen LogP contribution in [0, 0.1) is 12.8 Å². The summed E-state index contributed by atoms with van der Waals surface area (Å²) in [7, 11) is 0. The molecule has 2 rings (SSSR count). The molecule has 0 spiro atoms. The second kappa shape index (κ2) is 6.41. The van der Waals surface area contributed by atoms with Crippen LogP contribution in [0.2, 0.25) is 0 Å². The van der Waals surface area contributed by atoms with Crippen LogP contribution in [0.1, 0.15) is 45.1 Å². The first-order chi connectivity index (χ1) is 8.69. The van der Waals surface area contributed by atoms with E-state index in [1.54, 1.807) is 0 Å². The molecule has 1 aliphatic carbocycles. The molecule has 0 saturated heterocycles. The molecule has 1 aromatic rings. The number of thioether (sulfide) groups is 1. The molecular formula is C14H23N3S. The third-order valence-corrected chi connectivity index (χ3v) is 4.82. The minimum absolute atomic E-state index is 0.733. The van der Waals surface area contributed by atoms with Crippen LogP contribution in [-0.4, -0.2) is 21.8 Å². The second-order valence-electron chi connectivity index (χ2n) is 5.22. The molecule has 1 heterocycles. The summed E-state index contributed by atoms with van der Waals surface area (Å²) in [5, 5.41) is 5.07. The van der Waals surface area contributed by atoms with Gasteiger partial charge in [0.25, 0.3) is 0 Å². The van der Waals surface area contributed by atoms with E-state index in [0.29, 0.717) is 0 Å². The Bertz CT molecular complexity index is 395. The van der Waals surface area contributed by atoms with Crippen LogP contribution in [0.4, 0.5) is 5.95 Å². The van der Waals surface area contributed by atoms with Gasteiger partial charge in [-0.3, -0.25) is 0 Å². The first-order valence-electron chi connectivity index (χ1n) is 6.93. The number of aromatic nitrogens is 2. The maximum Gasteiger partial charge on any atom is 0.223 e. The van der Waals surface area contributed by atoms with Gasteiger partial charge in [0.15, 0.2) is 0 Å². The highest BCUT2D eigenvalue weighted by Crippen LogP contribution is 2.36. The molecule has 0 radical (unpaired) electrons. The van der Waals surface area contributed by atoms with Crippen LogP contribution in [0.3, 0.4) is 0 Å². The SMILES string of the molecule is CCNc1ncc(C)c(SC2CCCC(C)C2)n1. The van der Waals surface area contributed by atoms with Gasteiger partial charge in [-0.15, -0.1) is 11.8 Å². The van der Waals surface area contributed by atoms with E-state index in [-0.39, 0.29) is 0 Å². The van der Waals surface area contributed by atoms with Crippen molar-refractivity contribution in [3.05, 3.63) is 11.8 Å². The lowest BCUT2D eigenvalue weighted by molar-refractivity contribution is 0.394. The lowest BCUT2D eigenvalue weighted by Crippen LogP contribution is -2.15. The monoisotopic (exact) mass is 265 g/mol. The molecule has 0 aromatic carbocycles. The Morgan fingerprint density at radius 3 is 3.00 bits per heavy atom. The molecule has 1 N–H and O–H groups in total. The first-order valence-corrected chi connectivity index (χ1v) is 7.81. The van der Waals surface area contributed by atoms with E-state index >= 15 is 0 Å². The van der Waals surface area contributed by atoms with Gasteiger partial charge in [0.1, 0.15) is 5.03 Å². The van der Waals surface area contributed by atoms with Gasteiger partial charge in [0.2, 0.25) is 5.95 Å². The van der Waals surface area contributed by atoms with Crippen molar-refractivity contribution in [2.24, 2.45) is 5.92 Å². The van der Waals surface area contributed by atoms with Crippen LogP contribution in [0.5, 0.6) is 0 Å². The molecule has 18 heavy (non-hydrogen) atoms. The summed E-state index contributed by atoms with van der Waals surface area (Å²) in [6.07, 6.45) is 7.34. The van der Waals surface area contributed by atoms with Crippen molar-refractivity contribution in [3.63, 3.8) is 0 Å². The standard InChI is InChI=1S/C14H23N3S/c1-4-15-14-16-9-11(3)13(17-14)18-12-7-5-6-10(2)8-12/h9-10,12H,4-8H2,1-3H3,(H,15,16,17). The third-order valence-electron chi connectivity index (χ3n) is 3.43. The molecule has 2 atom stereocenters. The van der Waals surface area contributed by atoms with Crippen LogP contribution >= 0.6 is 11.8 Å². The number of hydrogen-bond acceptors (Lipinski definition) is 4. The maximum absolute atomic E-state index is 4.62. The fourth-order valence-electron chi connectivity index (χ4n) is 2.43. The van der Waals surface area contributed by atoms with E-state index in [9.17, 15) is 0 Å².